The second-order valence-corrected chi connectivity index (χ2v) is 6.11. The Kier molecular flexibility index (Phi) is 4.76. The van der Waals surface area contributed by atoms with Gasteiger partial charge in [0.05, 0.1) is 17.3 Å². The largest absolute Gasteiger partial charge is 0.496 e. The number of ether oxygens (including phenoxy) is 2. The molecule has 0 atom stereocenters. The summed E-state index contributed by atoms with van der Waals surface area (Å²) in [4.78, 5) is 25.0. The molecule has 1 heterocycles. The van der Waals surface area contributed by atoms with Gasteiger partial charge in [-0.15, -0.1) is 0 Å². The molecule has 0 radical (unpaired) electrons. The number of carboxylic acid groups (broad SMARTS) is 1. The van der Waals surface area contributed by atoms with Crippen molar-refractivity contribution in [3.63, 3.8) is 0 Å². The van der Waals surface area contributed by atoms with E-state index >= 15 is 0 Å². The number of hydrogen-bond donors (Lipinski definition) is 1. The van der Waals surface area contributed by atoms with Crippen LogP contribution in [-0.4, -0.2) is 30.6 Å². The molecule has 0 bridgehead atoms. The van der Waals surface area contributed by atoms with Crippen molar-refractivity contribution in [2.75, 3.05) is 18.6 Å². The summed E-state index contributed by atoms with van der Waals surface area (Å²) in [5, 5.41) is 9.10. The van der Waals surface area contributed by atoms with E-state index in [1.54, 1.807) is 55.7 Å². The molecule has 0 aromatic heterocycles. The van der Waals surface area contributed by atoms with Crippen molar-refractivity contribution in [2.24, 2.45) is 0 Å². The van der Waals surface area contributed by atoms with E-state index in [0.29, 0.717) is 22.7 Å². The summed E-state index contributed by atoms with van der Waals surface area (Å²) >= 11 is 3.39. The van der Waals surface area contributed by atoms with E-state index in [9.17, 15) is 9.59 Å². The van der Waals surface area contributed by atoms with Crippen LogP contribution in [0.1, 0.15) is 5.56 Å². The zero-order valence-electron chi connectivity index (χ0n) is 13.2. The first-order valence-corrected chi connectivity index (χ1v) is 8.14. The standard InChI is InChI=1S/C18H14BrNO5/c1-24-14-7-6-11(8-12(14)19)9-16-18(23)20(10-17(21)22)13-4-2-3-5-15(13)25-16/h2-9H,10H2,1H3,(H,21,22). The average Bonchev–Trinajstić information content (AvgIpc) is 2.58. The van der Waals surface area contributed by atoms with Crippen molar-refractivity contribution >= 4 is 39.6 Å². The predicted molar refractivity (Wildman–Crippen MR) is 95.7 cm³/mol. The van der Waals surface area contributed by atoms with Gasteiger partial charge in [-0.2, -0.15) is 0 Å². The fourth-order valence-electron chi connectivity index (χ4n) is 2.48. The molecule has 1 aliphatic rings. The molecule has 3 rings (SSSR count). The lowest BCUT2D eigenvalue weighted by atomic mass is 10.1. The first kappa shape index (κ1) is 17.0. The van der Waals surface area contributed by atoms with E-state index in [4.69, 9.17) is 14.6 Å². The molecule has 1 amide bonds. The van der Waals surface area contributed by atoms with Crippen LogP contribution in [-0.2, 0) is 9.59 Å². The molecule has 6 nitrogen and oxygen atoms in total. The van der Waals surface area contributed by atoms with Gasteiger partial charge < -0.3 is 14.6 Å². The topological polar surface area (TPSA) is 76.1 Å². The Morgan fingerprint density at radius 1 is 1.32 bits per heavy atom. The molecule has 0 fully saturated rings. The van der Waals surface area contributed by atoms with Gasteiger partial charge in [-0.1, -0.05) is 18.2 Å². The Bertz CT molecular complexity index is 878. The Hall–Kier alpha value is -2.80. The third-order valence-corrected chi connectivity index (χ3v) is 4.22. The minimum absolute atomic E-state index is 0.0528. The number of benzene rings is 2. The molecule has 0 saturated carbocycles. The minimum Gasteiger partial charge on any atom is -0.496 e. The van der Waals surface area contributed by atoms with Crippen LogP contribution >= 0.6 is 15.9 Å². The molecule has 2 aromatic carbocycles. The lowest BCUT2D eigenvalue weighted by Gasteiger charge is -2.29. The maximum atomic E-state index is 12.7. The Morgan fingerprint density at radius 2 is 2.08 bits per heavy atom. The number of rotatable bonds is 4. The lowest BCUT2D eigenvalue weighted by Crippen LogP contribution is -2.40. The van der Waals surface area contributed by atoms with E-state index in [2.05, 4.69) is 15.9 Å². The Morgan fingerprint density at radius 3 is 2.76 bits per heavy atom. The molecule has 25 heavy (non-hydrogen) atoms. The van der Waals surface area contributed by atoms with E-state index in [1.807, 2.05) is 0 Å². The number of carboxylic acids is 1. The van der Waals surface area contributed by atoms with Gasteiger partial charge in [-0.05, 0) is 51.8 Å². The van der Waals surface area contributed by atoms with Crippen molar-refractivity contribution < 1.29 is 24.2 Å². The van der Waals surface area contributed by atoms with Crippen molar-refractivity contribution in [3.8, 4) is 11.5 Å². The van der Waals surface area contributed by atoms with Crippen LogP contribution in [0.25, 0.3) is 6.08 Å². The van der Waals surface area contributed by atoms with Gasteiger partial charge in [0.25, 0.3) is 5.91 Å². The molecule has 2 aromatic rings. The number of halogens is 1. The first-order valence-electron chi connectivity index (χ1n) is 7.35. The second kappa shape index (κ2) is 6.98. The third-order valence-electron chi connectivity index (χ3n) is 3.60. The molecular weight excluding hydrogens is 390 g/mol. The van der Waals surface area contributed by atoms with Crippen LogP contribution < -0.4 is 14.4 Å². The van der Waals surface area contributed by atoms with Crippen molar-refractivity contribution in [3.05, 3.63) is 58.3 Å². The highest BCUT2D eigenvalue weighted by molar-refractivity contribution is 9.10. The number of fused-ring (bicyclic) bond motifs is 1. The molecule has 7 heteroatoms. The summed E-state index contributed by atoms with van der Waals surface area (Å²) in [6.07, 6.45) is 1.57. The number of methoxy groups -OCH3 is 1. The van der Waals surface area contributed by atoms with Crippen molar-refractivity contribution in [1.82, 2.24) is 0 Å². The van der Waals surface area contributed by atoms with Gasteiger partial charge in [0.15, 0.2) is 11.5 Å². The number of hydrogen-bond acceptors (Lipinski definition) is 4. The molecule has 0 aliphatic carbocycles. The molecule has 0 unspecified atom stereocenters. The van der Waals surface area contributed by atoms with Crippen LogP contribution in [0, 0.1) is 0 Å². The van der Waals surface area contributed by atoms with E-state index in [0.717, 1.165) is 4.47 Å². The maximum Gasteiger partial charge on any atom is 0.323 e. The smallest absolute Gasteiger partial charge is 0.323 e. The monoisotopic (exact) mass is 403 g/mol. The van der Waals surface area contributed by atoms with Crippen LogP contribution in [0.4, 0.5) is 5.69 Å². The van der Waals surface area contributed by atoms with Gasteiger partial charge in [0.1, 0.15) is 12.3 Å². The van der Waals surface area contributed by atoms with E-state index < -0.39 is 18.4 Å². The zero-order valence-corrected chi connectivity index (χ0v) is 14.8. The number of para-hydroxylation sites is 2. The normalized spacial score (nSPS) is 14.9. The number of anilines is 1. The number of amides is 1. The quantitative estimate of drug-likeness (QED) is 0.792. The summed E-state index contributed by atoms with van der Waals surface area (Å²) in [6, 6.07) is 12.1. The molecule has 0 saturated heterocycles. The van der Waals surface area contributed by atoms with Gasteiger partial charge in [0.2, 0.25) is 0 Å². The fraction of sp³-hybridized carbons (Fsp3) is 0.111. The molecular formula is C18H14BrNO5. The van der Waals surface area contributed by atoms with Crippen molar-refractivity contribution in [1.29, 1.82) is 0 Å². The second-order valence-electron chi connectivity index (χ2n) is 5.26. The summed E-state index contributed by atoms with van der Waals surface area (Å²) in [5.74, 6) is -0.459. The molecule has 1 aliphatic heterocycles. The van der Waals surface area contributed by atoms with Gasteiger partial charge in [-0.25, -0.2) is 0 Å². The summed E-state index contributed by atoms with van der Waals surface area (Å²) in [6.45, 7) is -0.442. The number of aliphatic carboxylic acids is 1. The fourth-order valence-corrected chi connectivity index (χ4v) is 3.04. The highest BCUT2D eigenvalue weighted by Crippen LogP contribution is 2.35. The summed E-state index contributed by atoms with van der Waals surface area (Å²) < 4.78 is 11.6. The highest BCUT2D eigenvalue weighted by atomic mass is 79.9. The maximum absolute atomic E-state index is 12.7. The summed E-state index contributed by atoms with van der Waals surface area (Å²) in [7, 11) is 1.56. The third kappa shape index (κ3) is 3.51. The predicted octanol–water partition coefficient (Wildman–Crippen LogP) is 3.31. The van der Waals surface area contributed by atoms with Crippen LogP contribution in [0.5, 0.6) is 11.5 Å². The SMILES string of the molecule is COc1ccc(C=C2Oc3ccccc3N(CC(=O)O)C2=O)cc1Br. The Balaban J connectivity index is 2.01. The van der Waals surface area contributed by atoms with Crippen LogP contribution in [0.15, 0.2) is 52.7 Å². The molecule has 128 valence electrons. The van der Waals surface area contributed by atoms with Crippen LogP contribution in [0.2, 0.25) is 0 Å². The van der Waals surface area contributed by atoms with Gasteiger partial charge in [0, 0.05) is 0 Å². The molecule has 0 spiro atoms. The van der Waals surface area contributed by atoms with Gasteiger partial charge in [-0.3, -0.25) is 14.5 Å². The lowest BCUT2D eigenvalue weighted by molar-refractivity contribution is -0.136. The van der Waals surface area contributed by atoms with Crippen molar-refractivity contribution in [2.45, 2.75) is 0 Å². The van der Waals surface area contributed by atoms with E-state index in [-0.39, 0.29) is 5.76 Å². The zero-order chi connectivity index (χ0) is 18.0. The number of carbonyl (C=O) groups excluding carboxylic acids is 1. The number of nitrogens with zero attached hydrogens (tertiary/aromatic N) is 1. The minimum atomic E-state index is -1.10. The first-order chi connectivity index (χ1) is 12.0. The summed E-state index contributed by atoms with van der Waals surface area (Å²) in [5.41, 5.74) is 1.15. The molecule has 1 N–H and O–H groups in total. The average molecular weight is 404 g/mol. The van der Waals surface area contributed by atoms with E-state index in [1.165, 1.54) is 4.90 Å². The Labute approximate surface area is 152 Å². The van der Waals surface area contributed by atoms with Gasteiger partial charge >= 0.3 is 5.97 Å². The highest BCUT2D eigenvalue weighted by Gasteiger charge is 2.31. The number of carbonyl (C=O) groups is 2. The van der Waals surface area contributed by atoms with Crippen LogP contribution in [0.3, 0.4) is 0 Å².